The number of rotatable bonds is 2. The molecule has 0 saturated heterocycles. The minimum atomic E-state index is -0.211. The Hall–Kier alpha value is -1.84. The third kappa shape index (κ3) is 7.11. The molecule has 0 aromatic heterocycles. The summed E-state index contributed by atoms with van der Waals surface area (Å²) in [5, 5.41) is 0. The van der Waals surface area contributed by atoms with E-state index in [9.17, 15) is 9.59 Å². The van der Waals surface area contributed by atoms with Gasteiger partial charge in [0.1, 0.15) is 0 Å². The summed E-state index contributed by atoms with van der Waals surface area (Å²) in [6.45, 7) is 5.20. The number of benzene rings is 1. The Morgan fingerprint density at radius 1 is 1.18 bits per heavy atom. The van der Waals surface area contributed by atoms with Crippen molar-refractivity contribution in [3.63, 3.8) is 0 Å². The molecule has 0 N–H and O–H groups in total. The molecule has 0 radical (unpaired) electrons. The van der Waals surface area contributed by atoms with Crippen molar-refractivity contribution < 1.29 is 14.3 Å². The number of hydrogen-bond donors (Lipinski definition) is 0. The second kappa shape index (κ2) is 8.33. The predicted octanol–water partition coefficient (Wildman–Crippen LogP) is 2.24. The molecule has 0 unspecified atom stereocenters. The molecule has 1 amide bonds. The zero-order valence-corrected chi connectivity index (χ0v) is 10.8. The minimum Gasteiger partial charge on any atom is -0.466 e. The molecular weight excluding hydrogens is 218 g/mol. The van der Waals surface area contributed by atoms with Gasteiger partial charge in [0.25, 0.3) is 0 Å². The Kier molecular flexibility index (Phi) is 7.43. The van der Waals surface area contributed by atoms with Gasteiger partial charge < -0.3 is 9.64 Å². The molecule has 1 rings (SSSR count). The zero-order valence-electron chi connectivity index (χ0n) is 10.8. The number of amides is 1. The van der Waals surface area contributed by atoms with E-state index < -0.39 is 0 Å². The number of anilines is 1. The quantitative estimate of drug-likeness (QED) is 0.741. The molecule has 0 aliphatic carbocycles. The van der Waals surface area contributed by atoms with Gasteiger partial charge in [0.15, 0.2) is 0 Å². The zero-order chi connectivity index (χ0) is 13.3. The number of ether oxygens (including phenoxy) is 1. The standard InChI is InChI=1S/C9H11NO.C4H8O2/c1-8(11)10(2)9-6-4-3-5-7-9;1-3-6-4(2)5/h3-7H,1-2H3;3H2,1-2H3. The van der Waals surface area contributed by atoms with Crippen molar-refractivity contribution in [3.8, 4) is 0 Å². The summed E-state index contributed by atoms with van der Waals surface area (Å²) in [5.74, 6) is -0.159. The number of carbonyl (C=O) groups excluding carboxylic acids is 2. The summed E-state index contributed by atoms with van der Waals surface area (Å²) < 4.78 is 4.40. The monoisotopic (exact) mass is 237 g/mol. The maximum absolute atomic E-state index is 10.9. The van der Waals surface area contributed by atoms with E-state index >= 15 is 0 Å². The molecule has 0 fully saturated rings. The van der Waals surface area contributed by atoms with Crippen molar-refractivity contribution in [3.05, 3.63) is 30.3 Å². The lowest BCUT2D eigenvalue weighted by Gasteiger charge is -2.13. The van der Waals surface area contributed by atoms with Crippen LogP contribution in [-0.2, 0) is 14.3 Å². The first kappa shape index (κ1) is 15.2. The molecule has 0 aliphatic rings. The Balaban J connectivity index is 0.000000366. The maximum atomic E-state index is 10.9. The molecule has 4 nitrogen and oxygen atoms in total. The van der Waals surface area contributed by atoms with E-state index in [0.29, 0.717) is 6.61 Å². The molecule has 1 aromatic carbocycles. The lowest BCUT2D eigenvalue weighted by Crippen LogP contribution is -2.22. The van der Waals surface area contributed by atoms with Crippen LogP contribution < -0.4 is 4.90 Å². The summed E-state index contributed by atoms with van der Waals surface area (Å²) in [6, 6.07) is 9.56. The lowest BCUT2D eigenvalue weighted by molar-refractivity contribution is -0.140. The molecular formula is C13H19NO3. The van der Waals surface area contributed by atoms with Gasteiger partial charge in [-0.1, -0.05) is 18.2 Å². The molecule has 0 spiro atoms. The molecule has 17 heavy (non-hydrogen) atoms. The van der Waals surface area contributed by atoms with Crippen LogP contribution in [0.5, 0.6) is 0 Å². The predicted molar refractivity (Wildman–Crippen MR) is 67.8 cm³/mol. The molecule has 0 bridgehead atoms. The van der Waals surface area contributed by atoms with Gasteiger partial charge in [-0.2, -0.15) is 0 Å². The first-order chi connectivity index (χ1) is 7.99. The van der Waals surface area contributed by atoms with E-state index in [2.05, 4.69) is 4.74 Å². The van der Waals surface area contributed by atoms with Gasteiger partial charge in [-0.05, 0) is 19.1 Å². The van der Waals surface area contributed by atoms with Crippen molar-refractivity contribution >= 4 is 17.6 Å². The lowest BCUT2D eigenvalue weighted by atomic mass is 10.3. The van der Waals surface area contributed by atoms with Gasteiger partial charge in [0.05, 0.1) is 6.61 Å². The Labute approximate surface area is 102 Å². The fourth-order valence-corrected chi connectivity index (χ4v) is 1.04. The molecule has 1 aromatic rings. The van der Waals surface area contributed by atoms with Crippen LogP contribution in [0.15, 0.2) is 30.3 Å². The third-order valence-corrected chi connectivity index (χ3v) is 1.96. The molecule has 0 aliphatic heterocycles. The van der Waals surface area contributed by atoms with Gasteiger partial charge in [0.2, 0.25) is 5.91 Å². The topological polar surface area (TPSA) is 46.6 Å². The first-order valence-corrected chi connectivity index (χ1v) is 5.41. The molecule has 0 heterocycles. The fourth-order valence-electron chi connectivity index (χ4n) is 1.04. The van der Waals surface area contributed by atoms with Crippen molar-refractivity contribution in [2.24, 2.45) is 0 Å². The smallest absolute Gasteiger partial charge is 0.302 e. The van der Waals surface area contributed by atoms with Crippen LogP contribution >= 0.6 is 0 Å². The highest BCUT2D eigenvalue weighted by molar-refractivity contribution is 5.90. The fraction of sp³-hybridized carbons (Fsp3) is 0.385. The number of para-hydroxylation sites is 1. The average molecular weight is 237 g/mol. The summed E-state index contributed by atoms with van der Waals surface area (Å²) in [4.78, 5) is 22.3. The molecule has 4 heteroatoms. The van der Waals surface area contributed by atoms with Crippen LogP contribution in [0.3, 0.4) is 0 Å². The van der Waals surface area contributed by atoms with Crippen molar-refractivity contribution in [1.82, 2.24) is 0 Å². The van der Waals surface area contributed by atoms with E-state index in [1.165, 1.54) is 6.92 Å². The molecule has 0 saturated carbocycles. The van der Waals surface area contributed by atoms with Gasteiger partial charge in [-0.15, -0.1) is 0 Å². The van der Waals surface area contributed by atoms with Crippen molar-refractivity contribution in [2.75, 3.05) is 18.6 Å². The highest BCUT2D eigenvalue weighted by atomic mass is 16.5. The first-order valence-electron chi connectivity index (χ1n) is 5.41. The van der Waals surface area contributed by atoms with Crippen LogP contribution in [0.2, 0.25) is 0 Å². The Bertz CT molecular complexity index is 349. The van der Waals surface area contributed by atoms with Crippen LogP contribution in [0, 0.1) is 0 Å². The summed E-state index contributed by atoms with van der Waals surface area (Å²) >= 11 is 0. The number of hydrogen-bond acceptors (Lipinski definition) is 3. The number of carbonyl (C=O) groups is 2. The van der Waals surface area contributed by atoms with E-state index in [1.54, 1.807) is 25.8 Å². The van der Waals surface area contributed by atoms with E-state index in [1.807, 2.05) is 30.3 Å². The largest absolute Gasteiger partial charge is 0.466 e. The Morgan fingerprint density at radius 3 is 2.00 bits per heavy atom. The summed E-state index contributed by atoms with van der Waals surface area (Å²) in [7, 11) is 1.76. The van der Waals surface area contributed by atoms with Crippen LogP contribution in [-0.4, -0.2) is 25.5 Å². The van der Waals surface area contributed by atoms with Gasteiger partial charge >= 0.3 is 5.97 Å². The van der Waals surface area contributed by atoms with Gasteiger partial charge in [-0.3, -0.25) is 9.59 Å². The van der Waals surface area contributed by atoms with E-state index in [4.69, 9.17) is 0 Å². The minimum absolute atomic E-state index is 0.0520. The van der Waals surface area contributed by atoms with E-state index in [0.717, 1.165) is 5.69 Å². The highest BCUT2D eigenvalue weighted by Gasteiger charge is 2.02. The Morgan fingerprint density at radius 2 is 1.71 bits per heavy atom. The van der Waals surface area contributed by atoms with E-state index in [-0.39, 0.29) is 11.9 Å². The second-order valence-electron chi connectivity index (χ2n) is 3.34. The van der Waals surface area contributed by atoms with Gasteiger partial charge in [0, 0.05) is 26.6 Å². The number of nitrogens with zero attached hydrogens (tertiary/aromatic N) is 1. The van der Waals surface area contributed by atoms with Crippen LogP contribution in [0.1, 0.15) is 20.8 Å². The van der Waals surface area contributed by atoms with Crippen molar-refractivity contribution in [1.29, 1.82) is 0 Å². The SMILES string of the molecule is CC(=O)N(C)c1ccccc1.CCOC(C)=O. The van der Waals surface area contributed by atoms with Crippen molar-refractivity contribution in [2.45, 2.75) is 20.8 Å². The van der Waals surface area contributed by atoms with Crippen LogP contribution in [0.4, 0.5) is 5.69 Å². The second-order valence-corrected chi connectivity index (χ2v) is 3.34. The summed E-state index contributed by atoms with van der Waals surface area (Å²) in [6.07, 6.45) is 0. The average Bonchev–Trinajstić information content (AvgIpc) is 2.29. The normalized spacial score (nSPS) is 8.71. The summed E-state index contributed by atoms with van der Waals surface area (Å²) in [5.41, 5.74) is 0.931. The highest BCUT2D eigenvalue weighted by Crippen LogP contribution is 2.10. The molecule has 94 valence electrons. The third-order valence-electron chi connectivity index (χ3n) is 1.96. The number of esters is 1. The molecule has 0 atom stereocenters. The van der Waals surface area contributed by atoms with Crippen LogP contribution in [0.25, 0.3) is 0 Å². The van der Waals surface area contributed by atoms with Gasteiger partial charge in [-0.25, -0.2) is 0 Å². The maximum Gasteiger partial charge on any atom is 0.302 e.